The van der Waals surface area contributed by atoms with Crippen LogP contribution in [0.3, 0.4) is 0 Å². The van der Waals surface area contributed by atoms with E-state index in [-0.39, 0.29) is 32.7 Å². The minimum absolute atomic E-state index is 0.0000658. The third-order valence-electron chi connectivity index (χ3n) is 6.45. The summed E-state index contributed by atoms with van der Waals surface area (Å²) in [5, 5.41) is 5.84. The number of carbonyl (C=O) groups excluding carboxylic acids is 2. The third kappa shape index (κ3) is 7.29. The molecule has 42 heavy (non-hydrogen) atoms. The van der Waals surface area contributed by atoms with Crippen molar-refractivity contribution in [3.05, 3.63) is 113 Å². The van der Waals surface area contributed by atoms with E-state index >= 15 is 0 Å². The highest BCUT2D eigenvalue weighted by Gasteiger charge is 2.29. The first-order valence-electron chi connectivity index (χ1n) is 13.1. The standard InChI is InChI=1S/C32H32ClN3O5S/c1-32(2,3)23-15-13-22(14-16-23)31(38)35-26-10-8-9-25(20-26)34-30(37)21-36(28-19-24(33)17-18-29(28)41-4)42(39,40)27-11-6-5-7-12-27/h5-20H,21H2,1-4H3,(H,34,37)(H,35,38). The number of nitrogens with one attached hydrogen (secondary N) is 2. The van der Waals surface area contributed by atoms with E-state index in [4.69, 9.17) is 16.3 Å². The number of anilines is 3. The van der Waals surface area contributed by atoms with Crippen molar-refractivity contribution in [3.63, 3.8) is 0 Å². The molecule has 0 aliphatic heterocycles. The molecule has 0 bridgehead atoms. The zero-order valence-corrected chi connectivity index (χ0v) is 25.3. The Bertz CT molecular complexity index is 1690. The first kappa shape index (κ1) is 30.6. The molecule has 0 spiro atoms. The Labute approximate surface area is 251 Å². The average molecular weight is 606 g/mol. The summed E-state index contributed by atoms with van der Waals surface area (Å²) in [5.74, 6) is -0.683. The molecule has 2 N–H and O–H groups in total. The molecule has 0 aliphatic carbocycles. The fourth-order valence-corrected chi connectivity index (χ4v) is 5.82. The fraction of sp³-hybridized carbons (Fsp3) is 0.188. The normalized spacial score (nSPS) is 11.5. The van der Waals surface area contributed by atoms with E-state index < -0.39 is 22.5 Å². The van der Waals surface area contributed by atoms with E-state index in [1.54, 1.807) is 60.7 Å². The van der Waals surface area contributed by atoms with Gasteiger partial charge in [0, 0.05) is 22.0 Å². The number of nitrogens with zero attached hydrogens (tertiary/aromatic N) is 1. The number of benzene rings is 4. The van der Waals surface area contributed by atoms with Gasteiger partial charge in [0.2, 0.25) is 5.91 Å². The quantitative estimate of drug-likeness (QED) is 0.220. The Morgan fingerprint density at radius 1 is 0.833 bits per heavy atom. The summed E-state index contributed by atoms with van der Waals surface area (Å²) >= 11 is 6.20. The summed E-state index contributed by atoms with van der Waals surface area (Å²) in [6.07, 6.45) is 0. The van der Waals surface area contributed by atoms with Gasteiger partial charge in [-0.25, -0.2) is 8.42 Å². The maximum atomic E-state index is 13.7. The second-order valence-electron chi connectivity index (χ2n) is 10.6. The molecule has 10 heteroatoms. The Kier molecular flexibility index (Phi) is 9.23. The number of hydrogen-bond acceptors (Lipinski definition) is 5. The van der Waals surface area contributed by atoms with E-state index in [0.717, 1.165) is 9.87 Å². The van der Waals surface area contributed by atoms with Gasteiger partial charge in [-0.05, 0) is 71.6 Å². The third-order valence-corrected chi connectivity index (χ3v) is 8.45. The Morgan fingerprint density at radius 3 is 2.10 bits per heavy atom. The number of hydrogen-bond donors (Lipinski definition) is 2. The summed E-state index contributed by atoms with van der Waals surface area (Å²) in [4.78, 5) is 26.1. The molecule has 0 saturated heterocycles. The van der Waals surface area contributed by atoms with Gasteiger partial charge < -0.3 is 15.4 Å². The predicted molar refractivity (Wildman–Crippen MR) is 167 cm³/mol. The van der Waals surface area contributed by atoms with Crippen molar-refractivity contribution in [3.8, 4) is 5.75 Å². The largest absolute Gasteiger partial charge is 0.495 e. The van der Waals surface area contributed by atoms with Crippen LogP contribution in [-0.4, -0.2) is 33.9 Å². The molecule has 8 nitrogen and oxygen atoms in total. The lowest BCUT2D eigenvalue weighted by molar-refractivity contribution is -0.114. The lowest BCUT2D eigenvalue weighted by atomic mass is 9.87. The predicted octanol–water partition coefficient (Wildman–Crippen LogP) is 6.73. The van der Waals surface area contributed by atoms with Crippen LogP contribution in [0, 0.1) is 0 Å². The van der Waals surface area contributed by atoms with E-state index in [1.807, 2.05) is 12.1 Å². The monoisotopic (exact) mass is 605 g/mol. The Hall–Kier alpha value is -4.34. The van der Waals surface area contributed by atoms with Crippen LogP contribution < -0.4 is 19.7 Å². The lowest BCUT2D eigenvalue weighted by Gasteiger charge is -2.26. The Morgan fingerprint density at radius 2 is 1.48 bits per heavy atom. The SMILES string of the molecule is COc1ccc(Cl)cc1N(CC(=O)Nc1cccc(NC(=O)c2ccc(C(C)(C)C)cc2)c1)S(=O)(=O)c1ccccc1. The topological polar surface area (TPSA) is 105 Å². The maximum absolute atomic E-state index is 13.7. The van der Waals surface area contributed by atoms with Gasteiger partial charge in [0.1, 0.15) is 12.3 Å². The molecule has 4 aromatic rings. The smallest absolute Gasteiger partial charge is 0.264 e. The van der Waals surface area contributed by atoms with Crippen molar-refractivity contribution in [2.75, 3.05) is 28.6 Å². The molecule has 0 saturated carbocycles. The summed E-state index contributed by atoms with van der Waals surface area (Å²) < 4.78 is 33.7. The van der Waals surface area contributed by atoms with Gasteiger partial charge in [0.05, 0.1) is 17.7 Å². The molecule has 4 rings (SSSR count). The second kappa shape index (κ2) is 12.7. The molecule has 0 aliphatic rings. The summed E-state index contributed by atoms with van der Waals surface area (Å²) in [7, 11) is -2.78. The molecule has 0 unspecified atom stereocenters. The zero-order chi connectivity index (χ0) is 30.5. The van der Waals surface area contributed by atoms with Gasteiger partial charge >= 0.3 is 0 Å². The summed E-state index contributed by atoms with van der Waals surface area (Å²) in [6.45, 7) is 5.74. The highest BCUT2D eigenvalue weighted by molar-refractivity contribution is 7.92. The van der Waals surface area contributed by atoms with Crippen LogP contribution in [0.25, 0.3) is 0 Å². The van der Waals surface area contributed by atoms with E-state index in [1.165, 1.54) is 31.4 Å². The molecule has 0 aromatic heterocycles. The van der Waals surface area contributed by atoms with Crippen LogP contribution in [-0.2, 0) is 20.2 Å². The minimum atomic E-state index is -4.18. The molecular formula is C32H32ClN3O5S. The molecular weight excluding hydrogens is 574 g/mol. The first-order valence-corrected chi connectivity index (χ1v) is 14.9. The molecule has 4 aromatic carbocycles. The van der Waals surface area contributed by atoms with E-state index in [2.05, 4.69) is 31.4 Å². The summed E-state index contributed by atoms with van der Waals surface area (Å²) in [6, 6.07) is 26.3. The van der Waals surface area contributed by atoms with Crippen LogP contribution >= 0.6 is 11.6 Å². The number of amides is 2. The van der Waals surface area contributed by atoms with Crippen LogP contribution in [0.5, 0.6) is 5.75 Å². The van der Waals surface area contributed by atoms with Crippen molar-refractivity contribution >= 4 is 50.5 Å². The van der Waals surface area contributed by atoms with Crippen molar-refractivity contribution < 1.29 is 22.7 Å². The van der Waals surface area contributed by atoms with Crippen LogP contribution in [0.4, 0.5) is 17.1 Å². The number of ether oxygens (including phenoxy) is 1. The number of methoxy groups -OCH3 is 1. The van der Waals surface area contributed by atoms with E-state index in [9.17, 15) is 18.0 Å². The maximum Gasteiger partial charge on any atom is 0.264 e. The summed E-state index contributed by atoms with van der Waals surface area (Å²) in [5.41, 5.74) is 2.52. The second-order valence-corrected chi connectivity index (χ2v) is 12.9. The lowest BCUT2D eigenvalue weighted by Crippen LogP contribution is -2.38. The van der Waals surface area contributed by atoms with Gasteiger partial charge in [-0.15, -0.1) is 0 Å². The van der Waals surface area contributed by atoms with Gasteiger partial charge in [-0.1, -0.05) is 68.8 Å². The van der Waals surface area contributed by atoms with Gasteiger partial charge in [0.15, 0.2) is 0 Å². The molecule has 218 valence electrons. The van der Waals surface area contributed by atoms with Crippen molar-refractivity contribution in [1.29, 1.82) is 0 Å². The van der Waals surface area contributed by atoms with Crippen LogP contribution in [0.1, 0.15) is 36.7 Å². The van der Waals surface area contributed by atoms with Crippen LogP contribution in [0.2, 0.25) is 5.02 Å². The molecule has 0 radical (unpaired) electrons. The highest BCUT2D eigenvalue weighted by atomic mass is 35.5. The van der Waals surface area contributed by atoms with Gasteiger partial charge in [-0.2, -0.15) is 0 Å². The highest BCUT2D eigenvalue weighted by Crippen LogP contribution is 2.35. The Balaban J connectivity index is 1.55. The van der Waals surface area contributed by atoms with Crippen molar-refractivity contribution in [1.82, 2.24) is 0 Å². The fourth-order valence-electron chi connectivity index (χ4n) is 4.21. The number of rotatable bonds is 9. The van der Waals surface area contributed by atoms with Crippen LogP contribution in [0.15, 0.2) is 102 Å². The van der Waals surface area contributed by atoms with Crippen molar-refractivity contribution in [2.45, 2.75) is 31.1 Å². The average Bonchev–Trinajstić information content (AvgIpc) is 2.96. The molecule has 0 heterocycles. The van der Waals surface area contributed by atoms with Gasteiger partial charge in [0.25, 0.3) is 15.9 Å². The number of sulfonamides is 1. The van der Waals surface area contributed by atoms with Crippen molar-refractivity contribution in [2.24, 2.45) is 0 Å². The zero-order valence-electron chi connectivity index (χ0n) is 23.7. The molecule has 2 amide bonds. The molecule has 0 fully saturated rings. The van der Waals surface area contributed by atoms with E-state index in [0.29, 0.717) is 16.9 Å². The van der Waals surface area contributed by atoms with Gasteiger partial charge in [-0.3, -0.25) is 13.9 Å². The number of carbonyl (C=O) groups is 2. The molecule has 0 atom stereocenters. The minimum Gasteiger partial charge on any atom is -0.495 e. The number of halogens is 1. The first-order chi connectivity index (χ1) is 19.9.